The fraction of sp³-hybridized carbons (Fsp3) is 0.833. The Hall–Kier alpha value is 0.130. The summed E-state index contributed by atoms with van der Waals surface area (Å²) in [6.07, 6.45) is 39.5. The molecule has 1 aromatic rings. The van der Waals surface area contributed by atoms with Crippen LogP contribution in [0.2, 0.25) is 0 Å². The van der Waals surface area contributed by atoms with Gasteiger partial charge >= 0.3 is 29.6 Å². The van der Waals surface area contributed by atoms with Crippen LogP contribution >= 0.6 is 0 Å². The molecule has 0 N–H and O–H groups in total. The molecule has 41 heavy (non-hydrogen) atoms. The van der Waals surface area contributed by atoms with Crippen LogP contribution in [-0.2, 0) is 16.5 Å². The Kier molecular flexibility index (Phi) is 30.3. The summed E-state index contributed by atoms with van der Waals surface area (Å²) in [4.78, 5) is -0.0416. The van der Waals surface area contributed by atoms with Gasteiger partial charge in [0.05, 0.1) is 4.90 Å². The van der Waals surface area contributed by atoms with E-state index in [2.05, 4.69) is 6.92 Å². The van der Waals surface area contributed by atoms with Gasteiger partial charge in [0.1, 0.15) is 10.1 Å². The zero-order chi connectivity index (χ0) is 29.0. The molecule has 1 aromatic carbocycles. The zero-order valence-electron chi connectivity index (χ0n) is 27.4. The number of rotatable bonds is 30. The van der Waals surface area contributed by atoms with Crippen LogP contribution in [-0.4, -0.2) is 13.0 Å². The van der Waals surface area contributed by atoms with Crippen molar-refractivity contribution in [2.75, 3.05) is 0 Å². The van der Waals surface area contributed by atoms with Gasteiger partial charge in [0.15, 0.2) is 0 Å². The molecule has 0 saturated heterocycles. The standard InChI is InChI=1S/C36H66O3S.Na/c1-2-3-4-5-6-7-8-9-10-11-12-13-14-15-16-17-18-19-20-21-22-23-24-25-26-27-28-29-32-35-33-30-31-34-36(35)40(37,38)39;/h30-31,33-34H,2-29,32H2,1H3,(H,37,38,39);/q;+1/p-1. The fourth-order valence-corrected chi connectivity index (χ4v) is 6.68. The van der Waals surface area contributed by atoms with E-state index in [1.807, 2.05) is 6.07 Å². The molecular weight excluding hydrogens is 535 g/mol. The normalized spacial score (nSPS) is 11.6. The van der Waals surface area contributed by atoms with Crippen molar-refractivity contribution in [2.45, 2.75) is 198 Å². The first kappa shape index (κ1) is 41.1. The zero-order valence-corrected chi connectivity index (χ0v) is 30.3. The third-order valence-electron chi connectivity index (χ3n) is 8.54. The fourth-order valence-electron chi connectivity index (χ4n) is 5.94. The van der Waals surface area contributed by atoms with Gasteiger partial charge in [0, 0.05) is 0 Å². The summed E-state index contributed by atoms with van der Waals surface area (Å²) in [7, 11) is -4.36. The van der Waals surface area contributed by atoms with Gasteiger partial charge in [-0.25, -0.2) is 8.42 Å². The Labute approximate surface area is 278 Å². The summed E-state index contributed by atoms with van der Waals surface area (Å²) in [5, 5.41) is 0. The summed E-state index contributed by atoms with van der Waals surface area (Å²) in [6.45, 7) is 2.29. The second-order valence-corrected chi connectivity index (χ2v) is 13.7. The van der Waals surface area contributed by atoms with Gasteiger partial charge in [0.2, 0.25) is 0 Å². The third kappa shape index (κ3) is 26.3. The van der Waals surface area contributed by atoms with Crippen molar-refractivity contribution in [3.63, 3.8) is 0 Å². The van der Waals surface area contributed by atoms with E-state index >= 15 is 0 Å². The molecule has 234 valence electrons. The summed E-state index contributed by atoms with van der Waals surface area (Å²) in [5.74, 6) is 0. The summed E-state index contributed by atoms with van der Waals surface area (Å²) in [6, 6.07) is 6.63. The van der Waals surface area contributed by atoms with Crippen LogP contribution in [0, 0.1) is 0 Å². The number of benzene rings is 1. The Morgan fingerprint density at radius 3 is 1.02 bits per heavy atom. The van der Waals surface area contributed by atoms with Crippen molar-refractivity contribution < 1.29 is 42.5 Å². The van der Waals surface area contributed by atoms with E-state index in [-0.39, 0.29) is 34.5 Å². The SMILES string of the molecule is CCCCCCCCCCCCCCCCCCCCCCCCCCCCCCc1ccccc1S(=O)(=O)[O-].[Na+]. The number of aryl methyl sites for hydroxylation is 1. The molecule has 3 nitrogen and oxygen atoms in total. The van der Waals surface area contributed by atoms with Crippen LogP contribution in [0.5, 0.6) is 0 Å². The molecule has 0 aliphatic carbocycles. The molecule has 0 aliphatic rings. The van der Waals surface area contributed by atoms with Gasteiger partial charge in [0.25, 0.3) is 0 Å². The minimum absolute atomic E-state index is 0. The average Bonchev–Trinajstić information content (AvgIpc) is 2.94. The van der Waals surface area contributed by atoms with E-state index in [0.717, 1.165) is 12.8 Å². The van der Waals surface area contributed by atoms with Crippen molar-refractivity contribution in [2.24, 2.45) is 0 Å². The van der Waals surface area contributed by atoms with Gasteiger partial charge in [-0.05, 0) is 24.5 Å². The quantitative estimate of drug-likeness (QED) is 0.0503. The van der Waals surface area contributed by atoms with Gasteiger partial charge in [-0.1, -0.05) is 198 Å². The number of unbranched alkanes of at least 4 members (excludes halogenated alkanes) is 27. The Morgan fingerprint density at radius 1 is 0.463 bits per heavy atom. The smallest absolute Gasteiger partial charge is 0.744 e. The molecule has 0 radical (unpaired) electrons. The molecule has 0 heterocycles. The maximum absolute atomic E-state index is 11.4. The van der Waals surface area contributed by atoms with Gasteiger partial charge in [-0.15, -0.1) is 0 Å². The van der Waals surface area contributed by atoms with E-state index < -0.39 is 10.1 Å². The van der Waals surface area contributed by atoms with Crippen molar-refractivity contribution in [1.29, 1.82) is 0 Å². The molecule has 0 spiro atoms. The van der Waals surface area contributed by atoms with Crippen molar-refractivity contribution in [3.05, 3.63) is 29.8 Å². The van der Waals surface area contributed by atoms with Crippen molar-refractivity contribution in [3.8, 4) is 0 Å². The van der Waals surface area contributed by atoms with Crippen LogP contribution in [0.1, 0.15) is 192 Å². The number of hydrogen-bond donors (Lipinski definition) is 0. The van der Waals surface area contributed by atoms with E-state index in [1.54, 1.807) is 12.1 Å². The molecule has 0 aromatic heterocycles. The topological polar surface area (TPSA) is 57.2 Å². The van der Waals surface area contributed by atoms with Crippen molar-refractivity contribution >= 4 is 10.1 Å². The first-order chi connectivity index (χ1) is 19.6. The Morgan fingerprint density at radius 2 is 0.732 bits per heavy atom. The minimum atomic E-state index is -4.36. The maximum atomic E-state index is 11.4. The Balaban J connectivity index is 0.0000160. The molecule has 0 aliphatic heterocycles. The van der Waals surface area contributed by atoms with E-state index in [9.17, 15) is 13.0 Å². The number of hydrogen-bond acceptors (Lipinski definition) is 3. The van der Waals surface area contributed by atoms with Crippen LogP contribution in [0.4, 0.5) is 0 Å². The van der Waals surface area contributed by atoms with Crippen LogP contribution < -0.4 is 29.6 Å². The van der Waals surface area contributed by atoms with Gasteiger partial charge in [-0.2, -0.15) is 0 Å². The van der Waals surface area contributed by atoms with Crippen LogP contribution in [0.25, 0.3) is 0 Å². The van der Waals surface area contributed by atoms with Crippen LogP contribution in [0.3, 0.4) is 0 Å². The second kappa shape index (κ2) is 30.2. The molecule has 0 amide bonds. The van der Waals surface area contributed by atoms with E-state index in [1.165, 1.54) is 173 Å². The summed E-state index contributed by atoms with van der Waals surface area (Å²) in [5.41, 5.74) is 0.673. The Bertz CT molecular complexity index is 781. The molecule has 0 atom stereocenters. The minimum Gasteiger partial charge on any atom is -0.744 e. The largest absolute Gasteiger partial charge is 1.00 e. The van der Waals surface area contributed by atoms with Crippen molar-refractivity contribution in [1.82, 2.24) is 0 Å². The van der Waals surface area contributed by atoms with E-state index in [4.69, 9.17) is 0 Å². The molecule has 0 unspecified atom stereocenters. The average molecular weight is 601 g/mol. The first-order valence-corrected chi connectivity index (χ1v) is 19.0. The summed E-state index contributed by atoms with van der Waals surface area (Å²) >= 11 is 0. The predicted octanol–water partition coefficient (Wildman–Crippen LogP) is 9.08. The van der Waals surface area contributed by atoms with E-state index in [0.29, 0.717) is 12.0 Å². The molecule has 1 rings (SSSR count). The molecular formula is C36H65NaO3S. The molecule has 0 fully saturated rings. The van der Waals surface area contributed by atoms with Crippen LogP contribution in [0.15, 0.2) is 29.2 Å². The summed E-state index contributed by atoms with van der Waals surface area (Å²) < 4.78 is 34.1. The second-order valence-electron chi connectivity index (χ2n) is 12.4. The maximum Gasteiger partial charge on any atom is 1.00 e. The molecule has 0 saturated carbocycles. The molecule has 5 heteroatoms. The van der Waals surface area contributed by atoms with Gasteiger partial charge < -0.3 is 4.55 Å². The molecule has 0 bridgehead atoms. The predicted molar refractivity (Wildman–Crippen MR) is 173 cm³/mol. The van der Waals surface area contributed by atoms with Gasteiger partial charge in [-0.3, -0.25) is 0 Å². The first-order valence-electron chi connectivity index (χ1n) is 17.6. The monoisotopic (exact) mass is 600 g/mol. The third-order valence-corrected chi connectivity index (χ3v) is 9.48.